The highest BCUT2D eigenvalue weighted by Gasteiger charge is 2.47. The number of aryl methyl sites for hydroxylation is 1. The summed E-state index contributed by atoms with van der Waals surface area (Å²) < 4.78 is 16.2. The minimum atomic E-state index is -0.873. The van der Waals surface area contributed by atoms with Gasteiger partial charge < -0.3 is 19.3 Å². The fraction of sp³-hybridized carbons (Fsp3) is 0.185. The summed E-state index contributed by atoms with van der Waals surface area (Å²) in [6.45, 7) is 1.92. The fourth-order valence-electron chi connectivity index (χ4n) is 4.23. The SMILES string of the molecule is COc1cccc(N2C(=O)C(=O)/C(=C(/O)c3c(OC)cccc3OC)C2c2cccc(C)c2)c1. The van der Waals surface area contributed by atoms with Crippen LogP contribution in [0.15, 0.2) is 72.3 Å². The van der Waals surface area contributed by atoms with Crippen LogP contribution in [0, 0.1) is 6.92 Å². The number of aliphatic hydroxyl groups excluding tert-OH is 1. The van der Waals surface area contributed by atoms with E-state index in [0.29, 0.717) is 28.5 Å². The average molecular weight is 459 g/mol. The maximum absolute atomic E-state index is 13.4. The molecule has 7 heteroatoms. The smallest absolute Gasteiger partial charge is 0.300 e. The Hall–Kier alpha value is -4.26. The van der Waals surface area contributed by atoms with Gasteiger partial charge in [0.1, 0.15) is 28.6 Å². The average Bonchev–Trinajstić information content (AvgIpc) is 3.13. The first-order valence-electron chi connectivity index (χ1n) is 10.6. The van der Waals surface area contributed by atoms with Crippen molar-refractivity contribution in [2.75, 3.05) is 26.2 Å². The number of carbonyl (C=O) groups excluding carboxylic acids is 2. The van der Waals surface area contributed by atoms with Crippen molar-refractivity contribution >= 4 is 23.1 Å². The summed E-state index contributed by atoms with van der Waals surface area (Å²) in [7, 11) is 4.44. The minimum absolute atomic E-state index is 0.0544. The van der Waals surface area contributed by atoms with Gasteiger partial charge in [0.2, 0.25) is 0 Å². The lowest BCUT2D eigenvalue weighted by Gasteiger charge is -2.26. The van der Waals surface area contributed by atoms with E-state index in [1.165, 1.54) is 26.2 Å². The highest BCUT2D eigenvalue weighted by Crippen LogP contribution is 2.45. The third-order valence-electron chi connectivity index (χ3n) is 5.80. The molecule has 1 aliphatic rings. The molecule has 1 unspecified atom stereocenters. The lowest BCUT2D eigenvalue weighted by atomic mass is 9.93. The Balaban J connectivity index is 2.02. The van der Waals surface area contributed by atoms with Gasteiger partial charge in [-0.15, -0.1) is 0 Å². The summed E-state index contributed by atoms with van der Waals surface area (Å²) in [5.41, 5.74) is 2.25. The summed E-state index contributed by atoms with van der Waals surface area (Å²) in [5, 5.41) is 11.5. The molecule has 174 valence electrons. The number of carbonyl (C=O) groups is 2. The monoisotopic (exact) mass is 459 g/mol. The number of amides is 1. The molecule has 1 amide bonds. The number of methoxy groups -OCH3 is 3. The van der Waals surface area contributed by atoms with E-state index in [1.807, 2.05) is 31.2 Å². The first-order valence-corrected chi connectivity index (χ1v) is 10.6. The van der Waals surface area contributed by atoms with Crippen LogP contribution in [-0.2, 0) is 9.59 Å². The summed E-state index contributed by atoms with van der Waals surface area (Å²) in [6.07, 6.45) is 0. The predicted octanol–water partition coefficient (Wildman–Crippen LogP) is 4.65. The van der Waals surface area contributed by atoms with E-state index in [9.17, 15) is 14.7 Å². The van der Waals surface area contributed by atoms with Crippen molar-refractivity contribution in [3.05, 3.63) is 89.0 Å². The molecule has 0 aromatic heterocycles. The zero-order valence-electron chi connectivity index (χ0n) is 19.4. The van der Waals surface area contributed by atoms with Crippen LogP contribution in [0.25, 0.3) is 5.76 Å². The van der Waals surface area contributed by atoms with E-state index in [0.717, 1.165) is 5.56 Å². The second kappa shape index (κ2) is 9.31. The number of ether oxygens (including phenoxy) is 3. The molecule has 4 rings (SSSR count). The predicted molar refractivity (Wildman–Crippen MR) is 129 cm³/mol. The van der Waals surface area contributed by atoms with E-state index < -0.39 is 17.7 Å². The Morgan fingerprint density at radius 2 is 1.50 bits per heavy atom. The maximum Gasteiger partial charge on any atom is 0.300 e. The number of hydrogen-bond donors (Lipinski definition) is 1. The van der Waals surface area contributed by atoms with Gasteiger partial charge in [0.25, 0.3) is 11.7 Å². The van der Waals surface area contributed by atoms with E-state index in [4.69, 9.17) is 14.2 Å². The Bertz CT molecular complexity index is 1270. The molecule has 0 bridgehead atoms. The summed E-state index contributed by atoms with van der Waals surface area (Å²) in [4.78, 5) is 28.1. The molecule has 1 aliphatic heterocycles. The van der Waals surface area contributed by atoms with Crippen LogP contribution in [0.2, 0.25) is 0 Å². The van der Waals surface area contributed by atoms with Gasteiger partial charge in [-0.3, -0.25) is 14.5 Å². The molecule has 0 saturated carbocycles. The highest BCUT2D eigenvalue weighted by molar-refractivity contribution is 6.51. The van der Waals surface area contributed by atoms with Crippen molar-refractivity contribution in [3.8, 4) is 17.2 Å². The van der Waals surface area contributed by atoms with Crippen LogP contribution in [0.5, 0.6) is 17.2 Å². The van der Waals surface area contributed by atoms with Crippen molar-refractivity contribution < 1.29 is 28.9 Å². The standard InChI is InChI=1S/C27H25NO6/c1-16-8-5-9-17(14-16)24-23(25(29)22-20(33-3)12-7-13-21(22)34-4)26(30)27(31)28(24)18-10-6-11-19(15-18)32-2/h5-15,24,29H,1-4H3/b25-23+. The lowest BCUT2D eigenvalue weighted by Crippen LogP contribution is -2.29. The summed E-state index contributed by atoms with van der Waals surface area (Å²) >= 11 is 0. The normalized spacial score (nSPS) is 17.1. The van der Waals surface area contributed by atoms with Gasteiger partial charge >= 0.3 is 0 Å². The van der Waals surface area contributed by atoms with Crippen LogP contribution >= 0.6 is 0 Å². The van der Waals surface area contributed by atoms with Crippen molar-refractivity contribution in [2.45, 2.75) is 13.0 Å². The molecule has 3 aromatic carbocycles. The van der Waals surface area contributed by atoms with Crippen molar-refractivity contribution in [1.29, 1.82) is 0 Å². The van der Waals surface area contributed by atoms with Crippen molar-refractivity contribution in [3.63, 3.8) is 0 Å². The third-order valence-corrected chi connectivity index (χ3v) is 5.80. The summed E-state index contributed by atoms with van der Waals surface area (Å²) in [5.74, 6) is -0.770. The minimum Gasteiger partial charge on any atom is -0.506 e. The van der Waals surface area contributed by atoms with Gasteiger partial charge in [0.05, 0.1) is 32.9 Å². The van der Waals surface area contributed by atoms with Crippen LogP contribution < -0.4 is 19.1 Å². The van der Waals surface area contributed by atoms with Gasteiger partial charge in [-0.05, 0) is 36.8 Å². The largest absolute Gasteiger partial charge is 0.506 e. The Kier molecular flexibility index (Phi) is 6.27. The van der Waals surface area contributed by atoms with Gasteiger partial charge in [-0.25, -0.2) is 0 Å². The lowest BCUT2D eigenvalue weighted by molar-refractivity contribution is -0.132. The number of anilines is 1. The molecule has 0 radical (unpaired) electrons. The molecule has 7 nitrogen and oxygen atoms in total. The maximum atomic E-state index is 13.4. The fourth-order valence-corrected chi connectivity index (χ4v) is 4.23. The van der Waals surface area contributed by atoms with Crippen molar-refractivity contribution in [2.24, 2.45) is 0 Å². The Labute approximate surface area is 197 Å². The number of nitrogens with zero attached hydrogens (tertiary/aromatic N) is 1. The molecule has 0 aliphatic carbocycles. The molecular formula is C27H25NO6. The molecule has 1 N–H and O–H groups in total. The molecule has 1 saturated heterocycles. The van der Waals surface area contributed by atoms with Gasteiger partial charge in [0, 0.05) is 11.8 Å². The van der Waals surface area contributed by atoms with Crippen LogP contribution in [-0.4, -0.2) is 38.1 Å². The van der Waals surface area contributed by atoms with E-state index in [2.05, 4.69) is 0 Å². The number of ketones is 1. The topological polar surface area (TPSA) is 85.3 Å². The molecule has 34 heavy (non-hydrogen) atoms. The first-order chi connectivity index (χ1) is 16.4. The third kappa shape index (κ3) is 3.85. The number of Topliss-reactive ketones (excluding diaryl/α,β-unsaturated/α-hetero) is 1. The molecule has 1 fully saturated rings. The number of rotatable bonds is 6. The van der Waals surface area contributed by atoms with Crippen LogP contribution in [0.1, 0.15) is 22.7 Å². The van der Waals surface area contributed by atoms with Gasteiger partial charge in [-0.2, -0.15) is 0 Å². The number of aliphatic hydroxyl groups is 1. The molecule has 3 aromatic rings. The molecule has 0 spiro atoms. The zero-order chi connectivity index (χ0) is 24.4. The summed E-state index contributed by atoms with van der Waals surface area (Å²) in [6, 6.07) is 18.5. The second-order valence-electron chi connectivity index (χ2n) is 7.82. The molecule has 1 atom stereocenters. The first kappa shape index (κ1) is 22.9. The molecular weight excluding hydrogens is 434 g/mol. The Morgan fingerprint density at radius 1 is 0.853 bits per heavy atom. The van der Waals surface area contributed by atoms with Gasteiger partial charge in [-0.1, -0.05) is 42.0 Å². The number of benzene rings is 3. The second-order valence-corrected chi connectivity index (χ2v) is 7.82. The Morgan fingerprint density at radius 3 is 2.12 bits per heavy atom. The van der Waals surface area contributed by atoms with E-state index in [1.54, 1.807) is 42.5 Å². The number of hydrogen-bond acceptors (Lipinski definition) is 6. The molecule has 1 heterocycles. The van der Waals surface area contributed by atoms with Crippen LogP contribution in [0.4, 0.5) is 5.69 Å². The quantitative estimate of drug-likeness (QED) is 0.328. The van der Waals surface area contributed by atoms with Crippen LogP contribution in [0.3, 0.4) is 0 Å². The van der Waals surface area contributed by atoms with Crippen molar-refractivity contribution in [1.82, 2.24) is 0 Å². The highest BCUT2D eigenvalue weighted by atomic mass is 16.5. The van der Waals surface area contributed by atoms with Gasteiger partial charge in [0.15, 0.2) is 0 Å². The zero-order valence-corrected chi connectivity index (χ0v) is 19.4. The van der Waals surface area contributed by atoms with E-state index >= 15 is 0 Å². The van der Waals surface area contributed by atoms with E-state index in [-0.39, 0.29) is 16.9 Å².